The van der Waals surface area contributed by atoms with Gasteiger partial charge in [-0.25, -0.2) is 4.79 Å². The summed E-state index contributed by atoms with van der Waals surface area (Å²) in [4.78, 5) is 23.2. The monoisotopic (exact) mass is 274 g/mol. The van der Waals surface area contributed by atoms with Crippen molar-refractivity contribution in [2.24, 2.45) is 5.41 Å². The Hall–Kier alpha value is -1.68. The number of carbonyl (C=O) groups is 2. The molecule has 1 aromatic carbocycles. The third kappa shape index (κ3) is 1.86. The highest BCUT2D eigenvalue weighted by Crippen LogP contribution is 2.53. The number of rotatable bonds is 3. The lowest BCUT2D eigenvalue weighted by molar-refractivity contribution is -0.186. The normalized spacial score (nSPS) is 31.9. The van der Waals surface area contributed by atoms with E-state index in [0.717, 1.165) is 37.5 Å². The van der Waals surface area contributed by atoms with Gasteiger partial charge < -0.3 is 14.3 Å². The number of esters is 1. The summed E-state index contributed by atoms with van der Waals surface area (Å²) in [6.45, 7) is 0.450. The van der Waals surface area contributed by atoms with Crippen LogP contribution < -0.4 is 0 Å². The smallest absolute Gasteiger partial charge is 0.338 e. The first-order valence-corrected chi connectivity index (χ1v) is 6.93. The highest BCUT2D eigenvalue weighted by atomic mass is 16.5. The third-order valence-corrected chi connectivity index (χ3v) is 4.76. The van der Waals surface area contributed by atoms with Crippen LogP contribution >= 0.6 is 0 Å². The summed E-state index contributed by atoms with van der Waals surface area (Å²) in [7, 11) is 1.39. The molecule has 1 saturated carbocycles. The van der Waals surface area contributed by atoms with E-state index in [4.69, 9.17) is 9.47 Å². The van der Waals surface area contributed by atoms with Gasteiger partial charge >= 0.3 is 5.97 Å². The summed E-state index contributed by atoms with van der Waals surface area (Å²) in [6, 6.07) is 7.45. The summed E-state index contributed by atoms with van der Waals surface area (Å²) in [5.41, 5.74) is 0.721. The summed E-state index contributed by atoms with van der Waals surface area (Å²) in [6.07, 6.45) is 4.25. The minimum absolute atomic E-state index is 0.304. The summed E-state index contributed by atoms with van der Waals surface area (Å²) in [5, 5.41) is 0. The lowest BCUT2D eigenvalue weighted by Crippen LogP contribution is -2.50. The largest absolute Gasteiger partial charge is 0.465 e. The number of ether oxygens (including phenoxy) is 2. The molecule has 20 heavy (non-hydrogen) atoms. The van der Waals surface area contributed by atoms with Crippen LogP contribution in [-0.2, 0) is 19.9 Å². The number of hydrogen-bond donors (Lipinski definition) is 0. The molecule has 4 heteroatoms. The average Bonchev–Trinajstić information content (AvgIpc) is 2.56. The zero-order chi connectivity index (χ0) is 14.2. The zero-order valence-corrected chi connectivity index (χ0v) is 11.6. The fraction of sp³-hybridized carbons (Fsp3) is 0.500. The van der Waals surface area contributed by atoms with Gasteiger partial charge in [0.2, 0.25) is 0 Å². The highest BCUT2D eigenvalue weighted by Gasteiger charge is 2.51. The van der Waals surface area contributed by atoms with Gasteiger partial charge in [0.1, 0.15) is 6.29 Å². The number of aldehydes is 1. The van der Waals surface area contributed by atoms with Gasteiger partial charge in [-0.3, -0.25) is 0 Å². The Labute approximate surface area is 118 Å². The van der Waals surface area contributed by atoms with E-state index in [1.807, 2.05) is 18.2 Å². The van der Waals surface area contributed by atoms with Crippen LogP contribution in [0.25, 0.3) is 0 Å². The van der Waals surface area contributed by atoms with E-state index in [1.54, 1.807) is 6.07 Å². The second-order valence-electron chi connectivity index (χ2n) is 5.80. The van der Waals surface area contributed by atoms with Gasteiger partial charge in [-0.2, -0.15) is 0 Å². The molecule has 0 N–H and O–H groups in total. The standard InChI is InChI=1S/C16H18O4/c1-19-14(18)12-4-2-3-5-13(12)16-8-6-15(10-17,7-9-16)11-20-16/h2-5,10H,6-9,11H2,1H3. The van der Waals surface area contributed by atoms with Crippen molar-refractivity contribution < 1.29 is 19.1 Å². The topological polar surface area (TPSA) is 52.6 Å². The molecule has 3 fully saturated rings. The molecule has 4 nitrogen and oxygen atoms in total. The lowest BCUT2D eigenvalue weighted by atomic mass is 9.64. The Bertz CT molecular complexity index is 525. The van der Waals surface area contributed by atoms with Crippen molar-refractivity contribution in [3.63, 3.8) is 0 Å². The molecule has 2 aliphatic heterocycles. The first-order valence-electron chi connectivity index (χ1n) is 6.93. The van der Waals surface area contributed by atoms with E-state index in [-0.39, 0.29) is 11.4 Å². The van der Waals surface area contributed by atoms with E-state index in [1.165, 1.54) is 7.11 Å². The fourth-order valence-electron chi connectivity index (χ4n) is 3.39. The fourth-order valence-corrected chi connectivity index (χ4v) is 3.39. The molecule has 0 spiro atoms. The van der Waals surface area contributed by atoms with Crippen LogP contribution in [-0.4, -0.2) is 26.0 Å². The van der Waals surface area contributed by atoms with E-state index in [9.17, 15) is 9.59 Å². The van der Waals surface area contributed by atoms with Crippen LogP contribution in [0.4, 0.5) is 0 Å². The van der Waals surface area contributed by atoms with Crippen molar-refractivity contribution in [1.29, 1.82) is 0 Å². The van der Waals surface area contributed by atoms with Crippen molar-refractivity contribution in [1.82, 2.24) is 0 Å². The molecule has 0 amide bonds. The van der Waals surface area contributed by atoms with Gasteiger partial charge in [0, 0.05) is 5.41 Å². The van der Waals surface area contributed by atoms with Crippen molar-refractivity contribution in [2.45, 2.75) is 31.3 Å². The Morgan fingerprint density at radius 1 is 1.25 bits per heavy atom. The molecule has 0 aromatic heterocycles. The van der Waals surface area contributed by atoms with Gasteiger partial charge in [0.25, 0.3) is 0 Å². The molecule has 0 radical (unpaired) electrons. The van der Waals surface area contributed by atoms with Crippen LogP contribution in [0.15, 0.2) is 24.3 Å². The summed E-state index contributed by atoms with van der Waals surface area (Å²) < 4.78 is 10.9. The number of fused-ring (bicyclic) bond motifs is 3. The van der Waals surface area contributed by atoms with Crippen LogP contribution in [0, 0.1) is 5.41 Å². The van der Waals surface area contributed by atoms with Gasteiger partial charge in [-0.05, 0) is 37.3 Å². The summed E-state index contributed by atoms with van der Waals surface area (Å²) >= 11 is 0. The number of carbonyl (C=O) groups excluding carboxylic acids is 2. The van der Waals surface area contributed by atoms with Crippen LogP contribution in [0.5, 0.6) is 0 Å². The number of benzene rings is 1. The first kappa shape index (κ1) is 13.3. The zero-order valence-electron chi connectivity index (χ0n) is 11.6. The molecule has 1 aliphatic carbocycles. The minimum Gasteiger partial charge on any atom is -0.465 e. The van der Waals surface area contributed by atoms with Crippen LogP contribution in [0.2, 0.25) is 0 Å². The summed E-state index contributed by atoms with van der Waals surface area (Å²) in [5.74, 6) is -0.337. The Morgan fingerprint density at radius 3 is 2.50 bits per heavy atom. The molecule has 106 valence electrons. The molecule has 3 aliphatic rings. The SMILES string of the molecule is COC(=O)c1ccccc1C12CCC(C=O)(CC1)CO2. The van der Waals surface area contributed by atoms with Gasteiger partial charge in [-0.15, -0.1) is 0 Å². The lowest BCUT2D eigenvalue weighted by Gasteiger charge is -2.51. The molecule has 4 rings (SSSR count). The maximum Gasteiger partial charge on any atom is 0.338 e. The quantitative estimate of drug-likeness (QED) is 0.627. The predicted octanol–water partition coefficient (Wildman–Crippen LogP) is 2.46. The highest BCUT2D eigenvalue weighted by molar-refractivity contribution is 5.91. The molecule has 2 bridgehead atoms. The molecule has 1 aromatic rings. The van der Waals surface area contributed by atoms with E-state index in [2.05, 4.69) is 0 Å². The number of methoxy groups -OCH3 is 1. The molecular weight excluding hydrogens is 256 g/mol. The van der Waals surface area contributed by atoms with Crippen molar-refractivity contribution in [3.05, 3.63) is 35.4 Å². The van der Waals surface area contributed by atoms with Crippen LogP contribution in [0.1, 0.15) is 41.6 Å². The van der Waals surface area contributed by atoms with Gasteiger partial charge in [0.15, 0.2) is 0 Å². The molecule has 2 heterocycles. The molecule has 0 atom stereocenters. The molecule has 2 saturated heterocycles. The van der Waals surface area contributed by atoms with Crippen molar-refractivity contribution in [3.8, 4) is 0 Å². The second-order valence-corrected chi connectivity index (χ2v) is 5.80. The van der Waals surface area contributed by atoms with E-state index < -0.39 is 5.60 Å². The molecule has 0 unspecified atom stereocenters. The van der Waals surface area contributed by atoms with Crippen molar-refractivity contribution in [2.75, 3.05) is 13.7 Å². The van der Waals surface area contributed by atoms with Gasteiger partial charge in [-0.1, -0.05) is 18.2 Å². The maximum absolute atomic E-state index is 11.9. The minimum atomic E-state index is -0.435. The Kier molecular flexibility index (Phi) is 3.13. The van der Waals surface area contributed by atoms with Gasteiger partial charge in [0.05, 0.1) is 24.9 Å². The first-order chi connectivity index (χ1) is 9.65. The third-order valence-electron chi connectivity index (χ3n) is 4.76. The number of hydrogen-bond acceptors (Lipinski definition) is 4. The second kappa shape index (κ2) is 4.70. The van der Waals surface area contributed by atoms with Crippen LogP contribution in [0.3, 0.4) is 0 Å². The van der Waals surface area contributed by atoms with E-state index in [0.29, 0.717) is 12.2 Å². The maximum atomic E-state index is 11.9. The van der Waals surface area contributed by atoms with E-state index >= 15 is 0 Å². The molecular formula is C16H18O4. The Morgan fingerprint density at radius 2 is 1.95 bits per heavy atom. The Balaban J connectivity index is 1.99. The predicted molar refractivity (Wildman–Crippen MR) is 72.4 cm³/mol. The average molecular weight is 274 g/mol. The van der Waals surface area contributed by atoms with Crippen molar-refractivity contribution >= 4 is 12.3 Å².